The molecule has 0 saturated carbocycles. The van der Waals surface area contributed by atoms with Crippen LogP contribution in [0.2, 0.25) is 0 Å². The second-order valence-electron chi connectivity index (χ2n) is 14.1. The number of phenolic OH excluding ortho intramolecular Hbond substituents is 1. The molecule has 0 radical (unpaired) electrons. The lowest BCUT2D eigenvalue weighted by Crippen LogP contribution is -2.59. The molecule has 6 amide bonds. The van der Waals surface area contributed by atoms with Crippen molar-refractivity contribution in [2.45, 2.75) is 115 Å². The number of carboxylic acid groups (broad SMARTS) is 2. The first-order valence-corrected chi connectivity index (χ1v) is 18.4. The number of hydrogen-bond donors (Lipinski definition) is 10. The summed E-state index contributed by atoms with van der Waals surface area (Å²) < 4.78 is 0. The highest BCUT2D eigenvalue weighted by Gasteiger charge is 2.39. The molecule has 1 saturated heterocycles. The number of hydrogen-bond acceptors (Lipinski definition) is 11. The molecular formula is C36H56N8O11. The number of nitrogens with zero attached hydrogens (tertiary/aromatic N) is 1. The fourth-order valence-electron chi connectivity index (χ4n) is 5.95. The van der Waals surface area contributed by atoms with E-state index in [-0.39, 0.29) is 56.9 Å². The lowest BCUT2D eigenvalue weighted by Gasteiger charge is -2.31. The van der Waals surface area contributed by atoms with Crippen LogP contribution in [0, 0.1) is 5.92 Å². The molecule has 4 unspecified atom stereocenters. The van der Waals surface area contributed by atoms with E-state index in [9.17, 15) is 53.7 Å². The van der Waals surface area contributed by atoms with Gasteiger partial charge in [0.15, 0.2) is 0 Å². The number of carbonyl (C=O) groups excluding carboxylic acids is 6. The fraction of sp³-hybridized carbons (Fsp3) is 0.611. The minimum Gasteiger partial charge on any atom is -0.508 e. The smallest absolute Gasteiger partial charge is 0.326 e. The Kier molecular flexibility index (Phi) is 19.0. The van der Waals surface area contributed by atoms with E-state index in [1.54, 1.807) is 0 Å². The predicted molar refractivity (Wildman–Crippen MR) is 198 cm³/mol. The number of amides is 6. The zero-order valence-electron chi connectivity index (χ0n) is 31.5. The third kappa shape index (κ3) is 15.9. The Morgan fingerprint density at radius 1 is 0.818 bits per heavy atom. The summed E-state index contributed by atoms with van der Waals surface area (Å²) in [5, 5.41) is 41.3. The summed E-state index contributed by atoms with van der Waals surface area (Å²) in [7, 11) is 0. The summed E-state index contributed by atoms with van der Waals surface area (Å²) in [5.41, 5.74) is 11.6. The van der Waals surface area contributed by atoms with Gasteiger partial charge < -0.3 is 58.3 Å². The van der Waals surface area contributed by atoms with E-state index in [0.29, 0.717) is 24.8 Å². The van der Waals surface area contributed by atoms with Crippen LogP contribution in [-0.4, -0.2) is 123 Å². The minimum absolute atomic E-state index is 0.0279. The highest BCUT2D eigenvalue weighted by Crippen LogP contribution is 2.21. The third-order valence-electron chi connectivity index (χ3n) is 8.87. The van der Waals surface area contributed by atoms with Gasteiger partial charge in [-0.05, 0) is 82.0 Å². The molecule has 1 fully saturated rings. The molecule has 12 N–H and O–H groups in total. The van der Waals surface area contributed by atoms with Gasteiger partial charge in [-0.2, -0.15) is 0 Å². The van der Waals surface area contributed by atoms with Crippen LogP contribution in [-0.2, 0) is 44.8 Å². The minimum atomic E-state index is -1.46. The van der Waals surface area contributed by atoms with Gasteiger partial charge in [0, 0.05) is 19.4 Å². The van der Waals surface area contributed by atoms with Crippen LogP contribution in [0.25, 0.3) is 0 Å². The number of nitrogens with two attached hydrogens (primary N) is 2. The van der Waals surface area contributed by atoms with Gasteiger partial charge in [-0.25, -0.2) is 4.79 Å². The molecular weight excluding hydrogens is 720 g/mol. The van der Waals surface area contributed by atoms with Gasteiger partial charge in [0.25, 0.3) is 0 Å². The Bertz CT molecular complexity index is 1500. The van der Waals surface area contributed by atoms with Crippen molar-refractivity contribution in [2.24, 2.45) is 17.4 Å². The summed E-state index contributed by atoms with van der Waals surface area (Å²) in [6.07, 6.45) is 0.676. The fourth-order valence-corrected chi connectivity index (χ4v) is 5.95. The van der Waals surface area contributed by atoms with Crippen molar-refractivity contribution in [2.75, 3.05) is 19.6 Å². The second-order valence-corrected chi connectivity index (χ2v) is 14.1. The van der Waals surface area contributed by atoms with Crippen LogP contribution >= 0.6 is 0 Å². The highest BCUT2D eigenvalue weighted by molar-refractivity contribution is 5.97. The molecule has 19 nitrogen and oxygen atoms in total. The molecule has 1 aromatic carbocycles. The van der Waals surface area contributed by atoms with Crippen molar-refractivity contribution < 1.29 is 53.7 Å². The Morgan fingerprint density at radius 3 is 2.00 bits per heavy atom. The lowest BCUT2D eigenvalue weighted by atomic mass is 10.0. The largest absolute Gasteiger partial charge is 0.508 e. The third-order valence-corrected chi connectivity index (χ3v) is 8.87. The Hall–Kier alpha value is -5.30. The maximum Gasteiger partial charge on any atom is 0.326 e. The highest BCUT2D eigenvalue weighted by atomic mass is 16.4. The monoisotopic (exact) mass is 776 g/mol. The van der Waals surface area contributed by atoms with Gasteiger partial charge in [-0.3, -0.25) is 33.6 Å². The van der Waals surface area contributed by atoms with E-state index < -0.39 is 96.6 Å². The Morgan fingerprint density at radius 2 is 1.44 bits per heavy atom. The van der Waals surface area contributed by atoms with Crippen molar-refractivity contribution in [1.29, 1.82) is 0 Å². The first-order valence-electron chi connectivity index (χ1n) is 18.4. The quantitative estimate of drug-likeness (QED) is 0.0564. The maximum atomic E-state index is 13.8. The first kappa shape index (κ1) is 45.9. The van der Waals surface area contributed by atoms with Crippen molar-refractivity contribution in [3.63, 3.8) is 0 Å². The van der Waals surface area contributed by atoms with E-state index in [1.165, 1.54) is 36.1 Å². The van der Waals surface area contributed by atoms with Crippen molar-refractivity contribution in [3.05, 3.63) is 29.8 Å². The van der Waals surface area contributed by atoms with Crippen LogP contribution in [0.3, 0.4) is 0 Å². The van der Waals surface area contributed by atoms with Gasteiger partial charge in [0.2, 0.25) is 35.4 Å². The molecule has 0 spiro atoms. The van der Waals surface area contributed by atoms with Gasteiger partial charge in [0.05, 0.1) is 12.6 Å². The van der Waals surface area contributed by atoms with Crippen LogP contribution in [0.15, 0.2) is 24.3 Å². The van der Waals surface area contributed by atoms with E-state index in [4.69, 9.17) is 11.5 Å². The molecule has 1 aliphatic rings. The number of unbranched alkanes of at least 4 members (excludes halogenated alkanes) is 1. The number of benzene rings is 1. The maximum absolute atomic E-state index is 13.8. The molecule has 1 aromatic rings. The zero-order valence-corrected chi connectivity index (χ0v) is 31.5. The van der Waals surface area contributed by atoms with Crippen molar-refractivity contribution in [3.8, 4) is 5.75 Å². The van der Waals surface area contributed by atoms with E-state index >= 15 is 0 Å². The first-order chi connectivity index (χ1) is 25.9. The van der Waals surface area contributed by atoms with Crippen LogP contribution in [0.5, 0.6) is 5.75 Å². The molecule has 6 atom stereocenters. The number of carboxylic acids is 2. The topological polar surface area (TPSA) is 313 Å². The molecule has 1 aliphatic heterocycles. The number of carbonyl (C=O) groups is 8. The molecule has 19 heteroatoms. The lowest BCUT2D eigenvalue weighted by molar-refractivity contribution is -0.143. The number of phenols is 1. The van der Waals surface area contributed by atoms with E-state index in [0.717, 1.165) is 0 Å². The molecule has 0 bridgehead atoms. The molecule has 2 rings (SSSR count). The van der Waals surface area contributed by atoms with Crippen LogP contribution < -0.4 is 38.1 Å². The SMILES string of the molecule is CC(C)CC(NC(=O)CNC(=O)C(C)N)C(=O)N1CCC[C@@H]1C(=O)NC(CCC(=O)O)C(=O)NC(CCCCN)C(=O)N[C@@H](Cc1ccc(O)cc1)C(=O)O. The van der Waals surface area contributed by atoms with Crippen molar-refractivity contribution in [1.82, 2.24) is 31.5 Å². The van der Waals surface area contributed by atoms with Gasteiger partial charge in [-0.15, -0.1) is 0 Å². The second kappa shape index (κ2) is 22.8. The van der Waals surface area contributed by atoms with Gasteiger partial charge in [-0.1, -0.05) is 26.0 Å². The molecule has 306 valence electrons. The molecule has 1 heterocycles. The Labute approximate surface area is 319 Å². The number of aliphatic carboxylic acids is 2. The van der Waals surface area contributed by atoms with Gasteiger partial charge >= 0.3 is 11.9 Å². The van der Waals surface area contributed by atoms with Crippen molar-refractivity contribution >= 4 is 47.4 Å². The number of aromatic hydroxyl groups is 1. The number of rotatable bonds is 23. The Balaban J connectivity index is 2.24. The summed E-state index contributed by atoms with van der Waals surface area (Å²) in [6.45, 7) is 5.14. The number of nitrogens with one attached hydrogen (secondary N) is 5. The molecule has 55 heavy (non-hydrogen) atoms. The molecule has 0 aliphatic carbocycles. The summed E-state index contributed by atoms with van der Waals surface area (Å²) in [4.78, 5) is 104. The van der Waals surface area contributed by atoms with Crippen LogP contribution in [0.4, 0.5) is 0 Å². The van der Waals surface area contributed by atoms with Crippen LogP contribution in [0.1, 0.15) is 77.7 Å². The van der Waals surface area contributed by atoms with E-state index in [2.05, 4.69) is 26.6 Å². The summed E-state index contributed by atoms with van der Waals surface area (Å²) in [6, 6.07) is -1.38. The predicted octanol–water partition coefficient (Wildman–Crippen LogP) is -1.55. The average Bonchev–Trinajstić information content (AvgIpc) is 3.61. The number of likely N-dealkylation sites (tertiary alicyclic amines) is 1. The average molecular weight is 777 g/mol. The normalized spacial score (nSPS) is 16.5. The molecule has 0 aromatic heterocycles. The zero-order chi connectivity index (χ0) is 41.2. The summed E-state index contributed by atoms with van der Waals surface area (Å²) >= 11 is 0. The van der Waals surface area contributed by atoms with E-state index in [1.807, 2.05) is 13.8 Å². The van der Waals surface area contributed by atoms with Gasteiger partial charge in [0.1, 0.15) is 36.0 Å². The summed E-state index contributed by atoms with van der Waals surface area (Å²) in [5.74, 6) is -6.92. The standard InChI is InChI=1S/C36H56N8O11/c1-20(2)17-26(40-29(46)19-39-31(49)21(3)38)35(53)44-16-6-8-28(44)34(52)42-25(13-14-30(47)48)33(51)41-24(7-4-5-15-37)32(50)43-27(36(54)55)18-22-9-11-23(45)12-10-22/h9-12,20-21,24-28,45H,4-8,13-19,37-38H2,1-3H3,(H,39,49)(H,40,46)(H,41,51)(H,42,52)(H,43,50)(H,47,48)(H,54,55)/t21?,24?,25?,26?,27-,28+/m0/s1.